The SMILES string of the molecule is Cc1ccc(Nc2ccc3nnc(-c4ccccc4)n3n2)cc1. The third kappa shape index (κ3) is 2.64. The summed E-state index contributed by atoms with van der Waals surface area (Å²) in [7, 11) is 0. The summed E-state index contributed by atoms with van der Waals surface area (Å²) < 4.78 is 1.76. The second kappa shape index (κ2) is 5.53. The summed E-state index contributed by atoms with van der Waals surface area (Å²) in [6, 6.07) is 21.9. The number of nitrogens with one attached hydrogen (secondary N) is 1. The zero-order valence-corrected chi connectivity index (χ0v) is 12.6. The number of fused-ring (bicyclic) bond motifs is 1. The Bertz CT molecular complexity index is 942. The minimum absolute atomic E-state index is 0.721. The normalized spacial score (nSPS) is 10.8. The van der Waals surface area contributed by atoms with Gasteiger partial charge in [-0.2, -0.15) is 4.52 Å². The Hall–Kier alpha value is -3.21. The summed E-state index contributed by atoms with van der Waals surface area (Å²) in [6.45, 7) is 2.07. The Morgan fingerprint density at radius 3 is 2.39 bits per heavy atom. The van der Waals surface area contributed by atoms with Gasteiger partial charge >= 0.3 is 0 Å². The third-order valence-corrected chi connectivity index (χ3v) is 3.62. The molecule has 0 bridgehead atoms. The Labute approximate surface area is 133 Å². The number of benzene rings is 2. The van der Waals surface area contributed by atoms with E-state index in [4.69, 9.17) is 0 Å². The van der Waals surface area contributed by atoms with Crippen molar-refractivity contribution in [3.8, 4) is 11.4 Å². The van der Waals surface area contributed by atoms with E-state index in [1.54, 1.807) is 4.52 Å². The van der Waals surface area contributed by atoms with E-state index in [2.05, 4.69) is 39.7 Å². The van der Waals surface area contributed by atoms with Crippen molar-refractivity contribution in [2.24, 2.45) is 0 Å². The summed E-state index contributed by atoms with van der Waals surface area (Å²) in [5.41, 5.74) is 3.93. The highest BCUT2D eigenvalue weighted by Gasteiger charge is 2.09. The first-order chi connectivity index (χ1) is 11.3. The summed E-state index contributed by atoms with van der Waals surface area (Å²) >= 11 is 0. The van der Waals surface area contributed by atoms with E-state index >= 15 is 0 Å². The number of rotatable bonds is 3. The maximum Gasteiger partial charge on any atom is 0.185 e. The van der Waals surface area contributed by atoms with Gasteiger partial charge < -0.3 is 5.32 Å². The van der Waals surface area contributed by atoms with Gasteiger partial charge in [0.15, 0.2) is 17.3 Å². The summed E-state index contributed by atoms with van der Waals surface area (Å²) in [6.07, 6.45) is 0. The first kappa shape index (κ1) is 13.5. The van der Waals surface area contributed by atoms with Gasteiger partial charge in [-0.05, 0) is 31.2 Å². The molecule has 0 unspecified atom stereocenters. The molecule has 5 heteroatoms. The Kier molecular flexibility index (Phi) is 3.24. The molecular weight excluding hydrogens is 286 g/mol. The van der Waals surface area contributed by atoms with Gasteiger partial charge in [-0.25, -0.2) is 0 Å². The van der Waals surface area contributed by atoms with E-state index in [9.17, 15) is 0 Å². The molecule has 0 spiro atoms. The second-order valence-corrected chi connectivity index (χ2v) is 5.37. The predicted octanol–water partition coefficient (Wildman–Crippen LogP) is 3.84. The van der Waals surface area contributed by atoms with E-state index in [-0.39, 0.29) is 0 Å². The van der Waals surface area contributed by atoms with Crippen molar-refractivity contribution in [1.29, 1.82) is 0 Å². The summed E-state index contributed by atoms with van der Waals surface area (Å²) in [5, 5.41) is 16.3. The van der Waals surface area contributed by atoms with Crippen molar-refractivity contribution < 1.29 is 0 Å². The van der Waals surface area contributed by atoms with E-state index < -0.39 is 0 Å². The molecule has 2 heterocycles. The molecule has 2 aromatic heterocycles. The van der Waals surface area contributed by atoms with Gasteiger partial charge in [0.25, 0.3) is 0 Å². The van der Waals surface area contributed by atoms with Gasteiger partial charge in [-0.15, -0.1) is 15.3 Å². The van der Waals surface area contributed by atoms with Gasteiger partial charge in [0, 0.05) is 11.3 Å². The Morgan fingerprint density at radius 2 is 1.61 bits per heavy atom. The topological polar surface area (TPSA) is 55.1 Å². The molecule has 0 aliphatic rings. The van der Waals surface area contributed by atoms with Gasteiger partial charge in [-0.1, -0.05) is 48.0 Å². The molecule has 0 aliphatic carbocycles. The van der Waals surface area contributed by atoms with Crippen LogP contribution in [0.1, 0.15) is 5.56 Å². The van der Waals surface area contributed by atoms with Crippen LogP contribution in [0.4, 0.5) is 11.5 Å². The molecule has 0 aliphatic heterocycles. The van der Waals surface area contributed by atoms with Crippen molar-refractivity contribution in [2.75, 3.05) is 5.32 Å². The molecule has 0 radical (unpaired) electrons. The lowest BCUT2D eigenvalue weighted by molar-refractivity contribution is 0.941. The molecule has 1 N–H and O–H groups in total. The predicted molar refractivity (Wildman–Crippen MR) is 90.7 cm³/mol. The monoisotopic (exact) mass is 301 g/mol. The average Bonchev–Trinajstić information content (AvgIpc) is 3.01. The van der Waals surface area contributed by atoms with Crippen LogP contribution in [0.5, 0.6) is 0 Å². The molecule has 4 rings (SSSR count). The number of aryl methyl sites for hydroxylation is 1. The quantitative estimate of drug-likeness (QED) is 0.624. The van der Waals surface area contributed by atoms with Gasteiger partial charge in [0.05, 0.1) is 0 Å². The number of hydrogen-bond donors (Lipinski definition) is 1. The molecule has 0 saturated heterocycles. The van der Waals surface area contributed by atoms with Gasteiger partial charge in [-0.3, -0.25) is 0 Å². The highest BCUT2D eigenvalue weighted by atomic mass is 15.4. The van der Waals surface area contributed by atoms with Crippen molar-refractivity contribution >= 4 is 17.2 Å². The molecule has 4 aromatic rings. The van der Waals surface area contributed by atoms with Crippen LogP contribution in [0.15, 0.2) is 66.7 Å². The number of hydrogen-bond acceptors (Lipinski definition) is 4. The van der Waals surface area contributed by atoms with Crippen LogP contribution in [0.25, 0.3) is 17.0 Å². The fourth-order valence-corrected chi connectivity index (χ4v) is 2.41. The van der Waals surface area contributed by atoms with Crippen molar-refractivity contribution in [3.63, 3.8) is 0 Å². The van der Waals surface area contributed by atoms with Crippen LogP contribution < -0.4 is 5.32 Å². The van der Waals surface area contributed by atoms with Crippen molar-refractivity contribution in [1.82, 2.24) is 19.8 Å². The zero-order chi connectivity index (χ0) is 15.6. The minimum atomic E-state index is 0.721. The molecular formula is C18H15N5. The molecule has 112 valence electrons. The van der Waals surface area contributed by atoms with Crippen molar-refractivity contribution in [2.45, 2.75) is 6.92 Å². The maximum atomic E-state index is 4.61. The molecule has 0 saturated carbocycles. The van der Waals surface area contributed by atoms with Crippen LogP contribution in [0.3, 0.4) is 0 Å². The molecule has 23 heavy (non-hydrogen) atoms. The van der Waals surface area contributed by atoms with Crippen LogP contribution >= 0.6 is 0 Å². The molecule has 2 aromatic carbocycles. The lowest BCUT2D eigenvalue weighted by Crippen LogP contribution is -2.00. The maximum absolute atomic E-state index is 4.61. The zero-order valence-electron chi connectivity index (χ0n) is 12.6. The average molecular weight is 301 g/mol. The van der Waals surface area contributed by atoms with Crippen LogP contribution in [-0.2, 0) is 0 Å². The lowest BCUT2D eigenvalue weighted by atomic mass is 10.2. The van der Waals surface area contributed by atoms with Crippen molar-refractivity contribution in [3.05, 3.63) is 72.3 Å². The Balaban J connectivity index is 1.73. The molecule has 5 nitrogen and oxygen atoms in total. The standard InChI is InChI=1S/C18H15N5/c1-13-7-9-15(10-8-13)19-16-11-12-17-20-21-18(23(17)22-16)14-5-3-2-4-6-14/h2-12H,1H3,(H,19,22). The van der Waals surface area contributed by atoms with Crippen LogP contribution in [0, 0.1) is 6.92 Å². The fraction of sp³-hybridized carbons (Fsp3) is 0.0556. The van der Waals surface area contributed by atoms with E-state index in [0.717, 1.165) is 28.5 Å². The number of anilines is 2. The summed E-state index contributed by atoms with van der Waals surface area (Å²) in [5.74, 6) is 1.48. The first-order valence-corrected chi connectivity index (χ1v) is 7.41. The third-order valence-electron chi connectivity index (χ3n) is 3.62. The fourth-order valence-electron chi connectivity index (χ4n) is 2.41. The minimum Gasteiger partial charge on any atom is -0.339 e. The van der Waals surface area contributed by atoms with Gasteiger partial charge in [0.1, 0.15) is 0 Å². The Morgan fingerprint density at radius 1 is 0.826 bits per heavy atom. The number of aromatic nitrogens is 4. The van der Waals surface area contributed by atoms with E-state index in [0.29, 0.717) is 0 Å². The van der Waals surface area contributed by atoms with E-state index in [1.165, 1.54) is 5.56 Å². The number of nitrogens with zero attached hydrogens (tertiary/aromatic N) is 4. The second-order valence-electron chi connectivity index (χ2n) is 5.37. The van der Waals surface area contributed by atoms with Crippen LogP contribution in [-0.4, -0.2) is 19.8 Å². The summed E-state index contributed by atoms with van der Waals surface area (Å²) in [4.78, 5) is 0. The molecule has 0 atom stereocenters. The lowest BCUT2D eigenvalue weighted by Gasteiger charge is -2.06. The first-order valence-electron chi connectivity index (χ1n) is 7.41. The van der Waals surface area contributed by atoms with Gasteiger partial charge in [0.2, 0.25) is 0 Å². The largest absolute Gasteiger partial charge is 0.339 e. The molecule has 0 fully saturated rings. The highest BCUT2D eigenvalue weighted by Crippen LogP contribution is 2.19. The van der Waals surface area contributed by atoms with E-state index in [1.807, 2.05) is 54.6 Å². The highest BCUT2D eigenvalue weighted by molar-refractivity contribution is 5.61. The molecule has 0 amide bonds. The van der Waals surface area contributed by atoms with Crippen LogP contribution in [0.2, 0.25) is 0 Å². The smallest absolute Gasteiger partial charge is 0.185 e.